The maximum absolute atomic E-state index is 13.0. The Morgan fingerprint density at radius 2 is 0.594 bits per heavy atom. The first-order valence-electron chi connectivity index (χ1n) is 35.7. The lowest BCUT2D eigenvalue weighted by Crippen LogP contribution is -2.30. The molecule has 17 nitrogen and oxygen atoms in total. The lowest BCUT2D eigenvalue weighted by Gasteiger charge is -2.21. The van der Waals surface area contributed by atoms with Gasteiger partial charge in [-0.05, 0) is 128 Å². The second-order valence-corrected chi connectivity index (χ2v) is 26.0. The monoisotopic (exact) mass is 1380 g/mol. The summed E-state index contributed by atoms with van der Waals surface area (Å²) in [6, 6.07) is 0. The summed E-state index contributed by atoms with van der Waals surface area (Å²) in [5.74, 6) is -2.51. The molecule has 0 rings (SSSR count). The molecule has 3 N–H and O–H groups in total. The van der Waals surface area contributed by atoms with Gasteiger partial charge in [0.25, 0.3) is 0 Å². The molecule has 0 aromatic heterocycles. The quantitative estimate of drug-likeness (QED) is 0.0169. The Bertz CT molecular complexity index is 2450. The zero-order valence-electron chi connectivity index (χ0n) is 59.0. The minimum Gasteiger partial charge on any atom is -0.461 e. The second-order valence-electron chi connectivity index (χ2n) is 23.1. The third-order valence-corrected chi connectivity index (χ3v) is 15.9. The van der Waals surface area contributed by atoms with Crippen LogP contribution in [0.1, 0.15) is 246 Å². The third-order valence-electron chi connectivity index (χ3n) is 14.0. The molecule has 0 aliphatic rings. The van der Waals surface area contributed by atoms with E-state index in [2.05, 4.69) is 137 Å². The molecule has 0 heterocycles. The summed E-state index contributed by atoms with van der Waals surface area (Å²) in [5, 5.41) is 10.6. The van der Waals surface area contributed by atoms with Crippen molar-refractivity contribution >= 4 is 39.5 Å². The van der Waals surface area contributed by atoms with Gasteiger partial charge in [0.2, 0.25) is 0 Å². The Hall–Kier alpha value is -5.32. The van der Waals surface area contributed by atoms with Crippen LogP contribution in [0.3, 0.4) is 0 Å². The third kappa shape index (κ3) is 67.3. The molecule has 19 heteroatoms. The highest BCUT2D eigenvalue weighted by molar-refractivity contribution is 7.47. The number of aliphatic hydroxyl groups excluding tert-OH is 1. The number of phosphoric ester groups is 2. The zero-order valence-corrected chi connectivity index (χ0v) is 60.8. The van der Waals surface area contributed by atoms with Crippen molar-refractivity contribution in [1.82, 2.24) is 0 Å². The molecule has 5 atom stereocenters. The lowest BCUT2D eigenvalue weighted by molar-refractivity contribution is -0.161. The van der Waals surface area contributed by atoms with Gasteiger partial charge in [-0.1, -0.05) is 250 Å². The van der Waals surface area contributed by atoms with E-state index < -0.39 is 97.5 Å². The average Bonchev–Trinajstić information content (AvgIpc) is 1.14. The first-order chi connectivity index (χ1) is 46.7. The molecular weight excluding hydrogens is 1260 g/mol. The van der Waals surface area contributed by atoms with E-state index in [0.717, 1.165) is 141 Å². The summed E-state index contributed by atoms with van der Waals surface area (Å²) >= 11 is 0. The van der Waals surface area contributed by atoms with Crippen LogP contribution in [0.15, 0.2) is 158 Å². The number of aliphatic hydroxyl groups is 1. The molecule has 0 aromatic rings. The van der Waals surface area contributed by atoms with Gasteiger partial charge >= 0.3 is 39.5 Å². The Morgan fingerprint density at radius 1 is 0.312 bits per heavy atom. The maximum Gasteiger partial charge on any atom is 0.472 e. The zero-order chi connectivity index (χ0) is 70.4. The molecule has 0 amide bonds. The molecule has 544 valence electrons. The smallest absolute Gasteiger partial charge is 0.461 e. The predicted molar refractivity (Wildman–Crippen MR) is 390 cm³/mol. The Labute approximate surface area is 579 Å². The molecular formula is C77H124O17P2. The molecule has 0 aliphatic heterocycles. The number of rotatable bonds is 65. The minimum atomic E-state index is -5.00. The van der Waals surface area contributed by atoms with Gasteiger partial charge in [0.05, 0.1) is 39.3 Å². The number of allylic oxidation sites excluding steroid dienone is 24. The predicted octanol–water partition coefficient (Wildman–Crippen LogP) is 20.1. The van der Waals surface area contributed by atoms with Gasteiger partial charge in [-0.25, -0.2) is 9.13 Å². The van der Waals surface area contributed by atoms with Crippen molar-refractivity contribution in [3.05, 3.63) is 158 Å². The van der Waals surface area contributed by atoms with Gasteiger partial charge in [0, 0.05) is 12.8 Å². The van der Waals surface area contributed by atoms with Crippen molar-refractivity contribution in [2.75, 3.05) is 39.6 Å². The highest BCUT2D eigenvalue weighted by Gasteiger charge is 2.30. The minimum absolute atomic E-state index is 0.0518. The van der Waals surface area contributed by atoms with Crippen LogP contribution >= 0.6 is 15.6 Å². The summed E-state index contributed by atoms with van der Waals surface area (Å²) in [6.45, 7) is 4.26. The summed E-state index contributed by atoms with van der Waals surface area (Å²) in [7, 11) is -10.0. The standard InChI is InChI=1S/C77H124O17P2/c1-5-9-13-17-21-25-29-33-35-39-41-45-49-53-57-61-74(79)87-67-72(93-76(81)63-59-55-51-47-43-37-31-27-23-19-15-11-7-3)69-91-95(83,84)89-65-71(78)66-90-96(85,86)92-70-73(94-77(82)64-60-56-52-48-44-38-32-28-24-20-16-12-8-4)68-88-75(80)62-58-54-50-46-42-40-36-34-30-26-22-18-14-10-6-2/h9-10,13-15,19,21-22,25-28,31-36,41-42,45-46,53-54,57-58,71-73,78H,5-8,11-12,16-18,20,23-24,29-30,37-40,43-44,47-52,55-56,59-70H2,1-4H3,(H,83,84)(H,85,86)/b13-9-,14-10-,19-15-,25-21-,26-22-,31-27-,32-28-,35-33-,36-34-,45-41-,46-42-,57-53-,58-54-. The molecule has 0 saturated carbocycles. The number of phosphoric acid groups is 2. The van der Waals surface area contributed by atoms with E-state index >= 15 is 0 Å². The van der Waals surface area contributed by atoms with Gasteiger partial charge in [0.1, 0.15) is 19.3 Å². The fraction of sp³-hybridized carbons (Fsp3) is 0.610. The maximum atomic E-state index is 13.0. The van der Waals surface area contributed by atoms with E-state index in [1.807, 2.05) is 36.5 Å². The molecule has 0 aromatic carbocycles. The largest absolute Gasteiger partial charge is 0.472 e. The summed E-state index contributed by atoms with van der Waals surface area (Å²) < 4.78 is 68.0. The van der Waals surface area contributed by atoms with Gasteiger partial charge in [-0.2, -0.15) is 0 Å². The SMILES string of the molecule is CC/C=C\C/C=C\C/C=C\C/C=C\C/C=C\CC(=O)OCC(COP(=O)(O)OCC(O)COP(=O)(O)OCC(COC(=O)C/C=C\C/C=C\C/C=C\C/C=C\C/C=C\CC)OC(=O)CCCCCCC/C=C\CCCCCC)OC(=O)CCCCCCC/C=C\C/C=C\CCC. The molecule has 0 fully saturated rings. The summed E-state index contributed by atoms with van der Waals surface area (Å²) in [5.41, 5.74) is 0. The van der Waals surface area contributed by atoms with E-state index in [1.165, 1.54) is 25.7 Å². The van der Waals surface area contributed by atoms with E-state index in [1.54, 1.807) is 12.2 Å². The molecule has 96 heavy (non-hydrogen) atoms. The van der Waals surface area contributed by atoms with Gasteiger partial charge in [-0.3, -0.25) is 37.3 Å². The van der Waals surface area contributed by atoms with Crippen molar-refractivity contribution in [1.29, 1.82) is 0 Å². The molecule has 0 spiro atoms. The number of carbonyl (C=O) groups excluding carboxylic acids is 4. The van der Waals surface area contributed by atoms with Crippen molar-refractivity contribution < 1.29 is 80.2 Å². The van der Waals surface area contributed by atoms with Crippen LogP contribution in [0.25, 0.3) is 0 Å². The lowest BCUT2D eigenvalue weighted by atomic mass is 10.1. The molecule has 0 radical (unpaired) electrons. The molecule has 0 aliphatic carbocycles. The Morgan fingerprint density at radius 3 is 0.938 bits per heavy atom. The highest BCUT2D eigenvalue weighted by atomic mass is 31.2. The second kappa shape index (κ2) is 68.2. The van der Waals surface area contributed by atoms with Crippen LogP contribution in [0.2, 0.25) is 0 Å². The number of carbonyl (C=O) groups is 4. The average molecular weight is 1380 g/mol. The van der Waals surface area contributed by atoms with Gasteiger partial charge in [0.15, 0.2) is 12.2 Å². The van der Waals surface area contributed by atoms with Crippen molar-refractivity contribution in [3.8, 4) is 0 Å². The summed E-state index contributed by atoms with van der Waals surface area (Å²) in [6.07, 6.45) is 77.4. The molecule has 0 bridgehead atoms. The van der Waals surface area contributed by atoms with E-state index in [9.17, 15) is 43.2 Å². The van der Waals surface area contributed by atoms with E-state index in [-0.39, 0.29) is 25.7 Å². The topological polar surface area (TPSA) is 237 Å². The van der Waals surface area contributed by atoms with Crippen molar-refractivity contribution in [2.45, 2.75) is 264 Å². The summed E-state index contributed by atoms with van der Waals surface area (Å²) in [4.78, 5) is 72.5. The number of hydrogen-bond donors (Lipinski definition) is 3. The van der Waals surface area contributed by atoms with Crippen LogP contribution in [-0.4, -0.2) is 96.7 Å². The molecule has 5 unspecified atom stereocenters. The number of unbranched alkanes of at least 4 members (excludes halogenated alkanes) is 15. The Kier molecular flexibility index (Phi) is 64.4. The number of hydrogen-bond acceptors (Lipinski definition) is 15. The van der Waals surface area contributed by atoms with Gasteiger partial charge in [-0.15, -0.1) is 0 Å². The van der Waals surface area contributed by atoms with E-state index in [0.29, 0.717) is 25.7 Å². The first kappa shape index (κ1) is 90.7. The van der Waals surface area contributed by atoms with E-state index in [4.69, 9.17) is 37.0 Å². The normalized spacial score (nSPS) is 14.9. The van der Waals surface area contributed by atoms with Crippen LogP contribution in [0, 0.1) is 0 Å². The highest BCUT2D eigenvalue weighted by Crippen LogP contribution is 2.45. The van der Waals surface area contributed by atoms with Crippen LogP contribution < -0.4 is 0 Å². The Balaban J connectivity index is 5.50. The number of esters is 4. The van der Waals surface area contributed by atoms with Crippen molar-refractivity contribution in [3.63, 3.8) is 0 Å². The molecule has 0 saturated heterocycles. The van der Waals surface area contributed by atoms with Crippen LogP contribution in [-0.2, 0) is 65.4 Å². The number of ether oxygens (including phenoxy) is 4. The fourth-order valence-electron chi connectivity index (χ4n) is 8.63. The first-order valence-corrected chi connectivity index (χ1v) is 38.7. The van der Waals surface area contributed by atoms with Crippen LogP contribution in [0.5, 0.6) is 0 Å². The van der Waals surface area contributed by atoms with Crippen LogP contribution in [0.4, 0.5) is 0 Å². The van der Waals surface area contributed by atoms with Gasteiger partial charge < -0.3 is 33.8 Å². The fourth-order valence-corrected chi connectivity index (χ4v) is 10.2. The van der Waals surface area contributed by atoms with Crippen molar-refractivity contribution in [2.24, 2.45) is 0 Å².